The number of rotatable bonds is 3. The van der Waals surface area contributed by atoms with E-state index in [9.17, 15) is 8.42 Å². The number of nitrogens with one attached hydrogen (secondary N) is 1. The van der Waals surface area contributed by atoms with Crippen molar-refractivity contribution in [3.63, 3.8) is 0 Å². The minimum absolute atomic E-state index is 0.0398. The van der Waals surface area contributed by atoms with Crippen LogP contribution in [0.3, 0.4) is 0 Å². The van der Waals surface area contributed by atoms with E-state index in [1.807, 2.05) is 32.0 Å². The van der Waals surface area contributed by atoms with Gasteiger partial charge >= 0.3 is 0 Å². The van der Waals surface area contributed by atoms with Crippen LogP contribution in [-0.2, 0) is 10.0 Å². The fraction of sp³-hybridized carbons (Fsp3) is 0.211. The van der Waals surface area contributed by atoms with Gasteiger partial charge in [-0.1, -0.05) is 35.4 Å². The zero-order valence-corrected chi connectivity index (χ0v) is 16.0. The third kappa shape index (κ3) is 2.70. The van der Waals surface area contributed by atoms with Crippen LogP contribution in [0, 0.1) is 6.92 Å². The van der Waals surface area contributed by atoms with Crippen molar-refractivity contribution in [3.05, 3.63) is 64.8 Å². The molecule has 0 fully saturated rings. The number of amidine groups is 1. The minimum Gasteiger partial charge on any atom is -0.365 e. The molecule has 1 N–H and O–H groups in total. The normalized spacial score (nSPS) is 17.3. The molecular formula is C19H18ClN3O2S. The lowest BCUT2D eigenvalue weighted by Crippen LogP contribution is -2.20. The highest BCUT2D eigenvalue weighted by Gasteiger charge is 2.27. The van der Waals surface area contributed by atoms with Gasteiger partial charge in [-0.2, -0.15) is 0 Å². The Kier molecular flexibility index (Phi) is 4.04. The van der Waals surface area contributed by atoms with Crippen LogP contribution in [0.2, 0.25) is 5.02 Å². The van der Waals surface area contributed by atoms with Gasteiger partial charge in [-0.15, -0.1) is 0 Å². The first-order valence-electron chi connectivity index (χ1n) is 8.27. The Balaban J connectivity index is 1.95. The van der Waals surface area contributed by atoms with Gasteiger partial charge in [0.1, 0.15) is 4.90 Å². The number of fused-ring (bicyclic) bond motifs is 1. The fourth-order valence-electron chi connectivity index (χ4n) is 3.32. The largest absolute Gasteiger partial charge is 0.365 e. The number of halogens is 1. The molecule has 0 spiro atoms. The summed E-state index contributed by atoms with van der Waals surface area (Å²) in [5, 5.41) is 4.43. The van der Waals surface area contributed by atoms with Crippen molar-refractivity contribution in [2.24, 2.45) is 4.99 Å². The summed E-state index contributed by atoms with van der Waals surface area (Å²) < 4.78 is 27.9. The van der Waals surface area contributed by atoms with E-state index < -0.39 is 10.0 Å². The van der Waals surface area contributed by atoms with E-state index in [4.69, 9.17) is 11.6 Å². The molecule has 1 aliphatic heterocycles. The number of nitrogens with zero attached hydrogens (tertiary/aromatic N) is 2. The van der Waals surface area contributed by atoms with Gasteiger partial charge < -0.3 is 5.32 Å². The highest BCUT2D eigenvalue weighted by molar-refractivity contribution is 7.90. The predicted molar refractivity (Wildman–Crippen MR) is 105 cm³/mol. The van der Waals surface area contributed by atoms with Gasteiger partial charge in [0.05, 0.1) is 29.0 Å². The zero-order valence-electron chi connectivity index (χ0n) is 14.4. The van der Waals surface area contributed by atoms with Crippen molar-refractivity contribution >= 4 is 38.4 Å². The van der Waals surface area contributed by atoms with Gasteiger partial charge in [-0.25, -0.2) is 12.4 Å². The lowest BCUT2D eigenvalue weighted by molar-refractivity contribution is 0.588. The van der Waals surface area contributed by atoms with E-state index in [-0.39, 0.29) is 16.0 Å². The molecule has 0 saturated carbocycles. The highest BCUT2D eigenvalue weighted by Crippen LogP contribution is 2.33. The summed E-state index contributed by atoms with van der Waals surface area (Å²) in [5.74, 6) is 0.859. The maximum Gasteiger partial charge on any atom is 0.269 e. The molecule has 26 heavy (non-hydrogen) atoms. The molecular weight excluding hydrogens is 370 g/mol. The van der Waals surface area contributed by atoms with Crippen molar-refractivity contribution in [2.45, 2.75) is 24.8 Å². The summed E-state index contributed by atoms with van der Waals surface area (Å²) in [6.07, 6.45) is 1.69. The Hall–Kier alpha value is -2.31. The molecule has 1 unspecified atom stereocenters. The Labute approximate surface area is 157 Å². The van der Waals surface area contributed by atoms with E-state index >= 15 is 0 Å². The fourth-order valence-corrected chi connectivity index (χ4v) is 5.20. The molecule has 0 radical (unpaired) electrons. The molecule has 3 aromatic rings. The van der Waals surface area contributed by atoms with E-state index in [0.29, 0.717) is 12.1 Å². The van der Waals surface area contributed by atoms with Crippen LogP contribution in [0.15, 0.2) is 58.5 Å². The zero-order chi connectivity index (χ0) is 18.5. The first kappa shape index (κ1) is 17.1. The van der Waals surface area contributed by atoms with Gasteiger partial charge in [-0.05, 0) is 38.1 Å². The first-order chi connectivity index (χ1) is 12.4. The van der Waals surface area contributed by atoms with Gasteiger partial charge in [0, 0.05) is 17.1 Å². The number of hydrogen-bond acceptors (Lipinski definition) is 4. The predicted octanol–water partition coefficient (Wildman–Crippen LogP) is 3.90. The molecule has 7 heteroatoms. The van der Waals surface area contributed by atoms with Gasteiger partial charge in [0.15, 0.2) is 0 Å². The third-order valence-electron chi connectivity index (χ3n) is 4.60. The average Bonchev–Trinajstić information content (AvgIpc) is 3.18. The van der Waals surface area contributed by atoms with Crippen LogP contribution >= 0.6 is 11.6 Å². The first-order valence-corrected chi connectivity index (χ1v) is 10.1. The SMILES string of the molecule is CC1=NCC(c2cn(S(=O)(=O)c3ccccc3Cl)c3ccc(C)cc23)N1. The summed E-state index contributed by atoms with van der Waals surface area (Å²) in [5.41, 5.74) is 2.62. The molecule has 0 aliphatic carbocycles. The van der Waals surface area contributed by atoms with E-state index in [0.717, 1.165) is 22.3 Å². The molecule has 134 valence electrons. The molecule has 2 aromatic carbocycles. The van der Waals surface area contributed by atoms with E-state index in [2.05, 4.69) is 10.3 Å². The number of hydrogen-bond donors (Lipinski definition) is 1. The van der Waals surface area contributed by atoms with E-state index in [1.54, 1.807) is 24.4 Å². The number of benzene rings is 2. The molecule has 1 aliphatic rings. The van der Waals surface area contributed by atoms with Crippen molar-refractivity contribution < 1.29 is 8.42 Å². The van der Waals surface area contributed by atoms with E-state index in [1.165, 1.54) is 10.0 Å². The van der Waals surface area contributed by atoms with Crippen LogP contribution in [-0.4, -0.2) is 24.8 Å². The summed E-state index contributed by atoms with van der Waals surface area (Å²) in [6, 6.07) is 12.2. The molecule has 2 heterocycles. The minimum atomic E-state index is -3.81. The topological polar surface area (TPSA) is 63.5 Å². The second-order valence-corrected chi connectivity index (χ2v) is 8.65. The smallest absolute Gasteiger partial charge is 0.269 e. The molecule has 0 saturated heterocycles. The molecule has 4 rings (SSSR count). The Bertz CT molecular complexity index is 1150. The molecule has 1 aromatic heterocycles. The standard InChI is InChI=1S/C19H18ClN3O2S/c1-12-7-8-18-14(9-12)15(17-10-21-13(2)22-17)11-23(18)26(24,25)19-6-4-3-5-16(19)20/h3-9,11,17H,10H2,1-2H3,(H,21,22). The van der Waals surface area contributed by atoms with Crippen LogP contribution in [0.5, 0.6) is 0 Å². The number of aromatic nitrogens is 1. The third-order valence-corrected chi connectivity index (χ3v) is 6.77. The van der Waals surface area contributed by atoms with Crippen molar-refractivity contribution in [2.75, 3.05) is 6.54 Å². The molecule has 0 bridgehead atoms. The van der Waals surface area contributed by atoms with Crippen molar-refractivity contribution in [3.8, 4) is 0 Å². The molecule has 1 atom stereocenters. The highest BCUT2D eigenvalue weighted by atomic mass is 35.5. The van der Waals surface area contributed by atoms with Gasteiger partial charge in [0.2, 0.25) is 0 Å². The van der Waals surface area contributed by atoms with Gasteiger partial charge in [0.25, 0.3) is 10.0 Å². The average molecular weight is 388 g/mol. The summed E-state index contributed by atoms with van der Waals surface area (Å²) in [7, 11) is -3.81. The maximum absolute atomic E-state index is 13.3. The quantitative estimate of drug-likeness (QED) is 0.741. The molecule has 5 nitrogen and oxygen atoms in total. The van der Waals surface area contributed by atoms with Crippen LogP contribution < -0.4 is 5.32 Å². The second kappa shape index (κ2) is 6.14. The van der Waals surface area contributed by atoms with Crippen molar-refractivity contribution in [1.29, 1.82) is 0 Å². The lowest BCUT2D eigenvalue weighted by atomic mass is 10.0. The maximum atomic E-state index is 13.3. The number of aliphatic imine (C=N–C) groups is 1. The molecule has 0 amide bonds. The monoisotopic (exact) mass is 387 g/mol. The Morgan fingerprint density at radius 2 is 1.96 bits per heavy atom. The van der Waals surface area contributed by atoms with Crippen LogP contribution in [0.25, 0.3) is 10.9 Å². The summed E-state index contributed by atoms with van der Waals surface area (Å²) >= 11 is 6.16. The van der Waals surface area contributed by atoms with Crippen LogP contribution in [0.1, 0.15) is 24.1 Å². The lowest BCUT2D eigenvalue weighted by Gasteiger charge is -2.10. The number of aryl methyl sites for hydroxylation is 1. The Morgan fingerprint density at radius 1 is 1.19 bits per heavy atom. The Morgan fingerprint density at radius 3 is 2.65 bits per heavy atom. The second-order valence-electron chi connectivity index (χ2n) is 6.46. The summed E-state index contributed by atoms with van der Waals surface area (Å²) in [4.78, 5) is 4.49. The van der Waals surface area contributed by atoms with Crippen LogP contribution in [0.4, 0.5) is 0 Å². The summed E-state index contributed by atoms with van der Waals surface area (Å²) in [6.45, 7) is 4.49. The van der Waals surface area contributed by atoms with Gasteiger partial charge in [-0.3, -0.25) is 4.99 Å². The van der Waals surface area contributed by atoms with Crippen molar-refractivity contribution in [1.82, 2.24) is 9.29 Å².